The number of rotatable bonds is 7. The fourth-order valence-corrected chi connectivity index (χ4v) is 1.51. The van der Waals surface area contributed by atoms with Crippen LogP contribution in [0.2, 0.25) is 0 Å². The second-order valence-corrected chi connectivity index (χ2v) is 4.26. The fraction of sp³-hybridized carbons (Fsp3) is 0.308. The van der Waals surface area contributed by atoms with E-state index in [1.54, 1.807) is 0 Å². The first-order chi connectivity index (χ1) is 9.49. The summed E-state index contributed by atoms with van der Waals surface area (Å²) in [6, 6.07) is 8.59. The number of hydrogen-bond acceptors (Lipinski definition) is 4. The largest absolute Gasteiger partial charge is 0.368 e. The molecule has 7 heteroatoms. The monoisotopic (exact) mass is 278 g/mol. The first-order valence-electron chi connectivity index (χ1n) is 6.11. The maximum Gasteiger partial charge on any atom is 0.239 e. The van der Waals surface area contributed by atoms with Crippen molar-refractivity contribution in [2.24, 2.45) is 11.5 Å². The minimum atomic E-state index is -0.735. The predicted molar refractivity (Wildman–Crippen MR) is 73.3 cm³/mol. The SMILES string of the molecule is NC(=O)CNC(=O)CNC(=O)C(N)Cc1ccccc1. The van der Waals surface area contributed by atoms with Gasteiger partial charge in [0, 0.05) is 0 Å². The van der Waals surface area contributed by atoms with Crippen molar-refractivity contribution >= 4 is 17.7 Å². The molecule has 1 unspecified atom stereocenters. The first-order valence-corrected chi connectivity index (χ1v) is 6.11. The highest BCUT2D eigenvalue weighted by Gasteiger charge is 2.14. The van der Waals surface area contributed by atoms with E-state index in [0.717, 1.165) is 5.56 Å². The summed E-state index contributed by atoms with van der Waals surface area (Å²) < 4.78 is 0. The zero-order chi connectivity index (χ0) is 15.0. The molecule has 6 N–H and O–H groups in total. The van der Waals surface area contributed by atoms with E-state index in [-0.39, 0.29) is 13.1 Å². The van der Waals surface area contributed by atoms with Crippen LogP contribution in [0, 0.1) is 0 Å². The lowest BCUT2D eigenvalue weighted by atomic mass is 10.1. The molecule has 1 aromatic carbocycles. The van der Waals surface area contributed by atoms with E-state index in [0.29, 0.717) is 6.42 Å². The molecular formula is C13H18N4O3. The summed E-state index contributed by atoms with van der Waals surface area (Å²) in [4.78, 5) is 33.4. The maximum absolute atomic E-state index is 11.7. The summed E-state index contributed by atoms with van der Waals surface area (Å²) in [6.07, 6.45) is 0.385. The molecule has 1 atom stereocenters. The van der Waals surface area contributed by atoms with Crippen LogP contribution in [0.25, 0.3) is 0 Å². The molecule has 0 heterocycles. The summed E-state index contributed by atoms with van der Waals surface area (Å²) >= 11 is 0. The van der Waals surface area contributed by atoms with Crippen molar-refractivity contribution in [2.45, 2.75) is 12.5 Å². The summed E-state index contributed by atoms with van der Waals surface area (Å²) in [6.45, 7) is -0.501. The van der Waals surface area contributed by atoms with E-state index in [1.165, 1.54) is 0 Å². The quantitative estimate of drug-likeness (QED) is 0.472. The van der Waals surface area contributed by atoms with Crippen molar-refractivity contribution in [3.63, 3.8) is 0 Å². The average molecular weight is 278 g/mol. The van der Waals surface area contributed by atoms with Gasteiger partial charge in [-0.15, -0.1) is 0 Å². The Labute approximate surface area is 116 Å². The van der Waals surface area contributed by atoms with Gasteiger partial charge in [-0.25, -0.2) is 0 Å². The van der Waals surface area contributed by atoms with Crippen molar-refractivity contribution < 1.29 is 14.4 Å². The molecule has 0 aliphatic heterocycles. The second kappa shape index (κ2) is 7.90. The Hall–Kier alpha value is -2.41. The van der Waals surface area contributed by atoms with Crippen LogP contribution in [0.4, 0.5) is 0 Å². The molecule has 3 amide bonds. The number of nitrogens with two attached hydrogens (primary N) is 2. The minimum Gasteiger partial charge on any atom is -0.368 e. The lowest BCUT2D eigenvalue weighted by Crippen LogP contribution is -2.46. The second-order valence-electron chi connectivity index (χ2n) is 4.26. The van der Waals surface area contributed by atoms with Gasteiger partial charge in [0.05, 0.1) is 19.1 Å². The fourth-order valence-electron chi connectivity index (χ4n) is 1.51. The Morgan fingerprint density at radius 1 is 1.05 bits per heavy atom. The van der Waals surface area contributed by atoms with Gasteiger partial charge in [-0.2, -0.15) is 0 Å². The van der Waals surface area contributed by atoms with Crippen LogP contribution in [-0.2, 0) is 20.8 Å². The van der Waals surface area contributed by atoms with Gasteiger partial charge in [-0.1, -0.05) is 30.3 Å². The molecular weight excluding hydrogens is 260 g/mol. The van der Waals surface area contributed by atoms with Gasteiger partial charge < -0.3 is 22.1 Å². The number of nitrogens with one attached hydrogen (secondary N) is 2. The molecule has 108 valence electrons. The van der Waals surface area contributed by atoms with Crippen LogP contribution < -0.4 is 22.1 Å². The van der Waals surface area contributed by atoms with Crippen molar-refractivity contribution in [1.82, 2.24) is 10.6 Å². The van der Waals surface area contributed by atoms with Gasteiger partial charge >= 0.3 is 0 Å². The highest BCUT2D eigenvalue weighted by molar-refractivity contribution is 5.89. The molecule has 0 bridgehead atoms. The lowest BCUT2D eigenvalue weighted by Gasteiger charge is -2.12. The van der Waals surface area contributed by atoms with E-state index >= 15 is 0 Å². The van der Waals surface area contributed by atoms with Crippen molar-refractivity contribution in [3.05, 3.63) is 35.9 Å². The van der Waals surface area contributed by atoms with E-state index in [2.05, 4.69) is 10.6 Å². The number of carbonyl (C=O) groups excluding carboxylic acids is 3. The van der Waals surface area contributed by atoms with Crippen LogP contribution in [0.15, 0.2) is 30.3 Å². The predicted octanol–water partition coefficient (Wildman–Crippen LogP) is -1.73. The van der Waals surface area contributed by atoms with Crippen LogP contribution in [0.1, 0.15) is 5.56 Å². The zero-order valence-corrected chi connectivity index (χ0v) is 11.0. The Morgan fingerprint density at radius 2 is 1.70 bits per heavy atom. The molecule has 0 saturated heterocycles. The van der Waals surface area contributed by atoms with Gasteiger partial charge in [0.15, 0.2) is 0 Å². The normalized spacial score (nSPS) is 11.4. The molecule has 0 aromatic heterocycles. The molecule has 1 rings (SSSR count). The molecule has 1 aromatic rings. The van der Waals surface area contributed by atoms with Gasteiger partial charge in [-0.3, -0.25) is 14.4 Å². The molecule has 0 saturated carbocycles. The van der Waals surface area contributed by atoms with Crippen molar-refractivity contribution in [3.8, 4) is 0 Å². The smallest absolute Gasteiger partial charge is 0.239 e. The highest BCUT2D eigenvalue weighted by Crippen LogP contribution is 2.01. The van der Waals surface area contributed by atoms with Crippen LogP contribution in [-0.4, -0.2) is 36.9 Å². The lowest BCUT2D eigenvalue weighted by molar-refractivity contribution is -0.127. The average Bonchev–Trinajstić information content (AvgIpc) is 2.43. The van der Waals surface area contributed by atoms with Crippen LogP contribution >= 0.6 is 0 Å². The summed E-state index contributed by atoms with van der Waals surface area (Å²) in [5, 5.41) is 4.66. The number of carbonyl (C=O) groups is 3. The molecule has 0 fully saturated rings. The van der Waals surface area contributed by atoms with Crippen molar-refractivity contribution in [1.29, 1.82) is 0 Å². The maximum atomic E-state index is 11.7. The molecule has 0 aliphatic carbocycles. The van der Waals surface area contributed by atoms with Gasteiger partial charge in [-0.05, 0) is 12.0 Å². The molecule has 20 heavy (non-hydrogen) atoms. The number of primary amides is 1. The topological polar surface area (TPSA) is 127 Å². The number of amides is 3. The highest BCUT2D eigenvalue weighted by atomic mass is 16.2. The standard InChI is InChI=1S/C13H18N4O3/c14-10(6-9-4-2-1-3-5-9)13(20)17-8-12(19)16-7-11(15)18/h1-5,10H,6-8,14H2,(H2,15,18)(H,16,19)(H,17,20). The number of hydrogen-bond donors (Lipinski definition) is 4. The Kier molecular flexibility index (Phi) is 6.18. The molecule has 0 spiro atoms. The minimum absolute atomic E-state index is 0.241. The summed E-state index contributed by atoms with van der Waals surface area (Å²) in [5.41, 5.74) is 11.5. The van der Waals surface area contributed by atoms with Gasteiger partial charge in [0.25, 0.3) is 0 Å². The Balaban J connectivity index is 2.31. The third-order valence-corrected chi connectivity index (χ3v) is 2.52. The molecule has 0 radical (unpaired) electrons. The summed E-state index contributed by atoms with van der Waals surface area (Å²) in [5.74, 6) is -1.57. The number of benzene rings is 1. The Bertz CT molecular complexity index is 476. The van der Waals surface area contributed by atoms with E-state index in [9.17, 15) is 14.4 Å². The van der Waals surface area contributed by atoms with Gasteiger partial charge in [0.2, 0.25) is 17.7 Å². The third kappa shape index (κ3) is 5.96. The molecule has 0 aliphatic rings. The van der Waals surface area contributed by atoms with Gasteiger partial charge in [0.1, 0.15) is 0 Å². The third-order valence-electron chi connectivity index (χ3n) is 2.52. The van der Waals surface area contributed by atoms with Crippen LogP contribution in [0.5, 0.6) is 0 Å². The van der Waals surface area contributed by atoms with E-state index in [4.69, 9.17) is 11.5 Å². The van der Waals surface area contributed by atoms with E-state index in [1.807, 2.05) is 30.3 Å². The van der Waals surface area contributed by atoms with Crippen LogP contribution in [0.3, 0.4) is 0 Å². The summed E-state index contributed by atoms with van der Waals surface area (Å²) in [7, 11) is 0. The first kappa shape index (κ1) is 15.6. The van der Waals surface area contributed by atoms with Crippen molar-refractivity contribution in [2.75, 3.05) is 13.1 Å². The molecule has 7 nitrogen and oxygen atoms in total. The van der Waals surface area contributed by atoms with E-state index < -0.39 is 23.8 Å². The Morgan fingerprint density at radius 3 is 2.30 bits per heavy atom. The zero-order valence-electron chi connectivity index (χ0n) is 11.0.